The van der Waals surface area contributed by atoms with E-state index in [0.717, 1.165) is 5.92 Å². The van der Waals surface area contributed by atoms with Gasteiger partial charge in [0.1, 0.15) is 0 Å². The molecule has 0 aliphatic carbocycles. The molecule has 3 unspecified atom stereocenters. The Labute approximate surface area is 118 Å². The predicted molar refractivity (Wildman–Crippen MR) is 82.5 cm³/mol. The maximum absolute atomic E-state index is 3.46. The van der Waals surface area contributed by atoms with Gasteiger partial charge in [-0.3, -0.25) is 4.90 Å². The van der Waals surface area contributed by atoms with Crippen LogP contribution in [-0.4, -0.2) is 37.1 Å². The van der Waals surface area contributed by atoms with Gasteiger partial charge in [0.05, 0.1) is 0 Å². The van der Waals surface area contributed by atoms with Crippen molar-refractivity contribution in [2.75, 3.05) is 20.1 Å². The first kappa shape index (κ1) is 14.5. The normalized spacial score (nSPS) is 28.5. The molecule has 1 N–H and O–H groups in total. The molecule has 1 aromatic rings. The minimum atomic E-state index is 0.676. The molecule has 3 atom stereocenters. The van der Waals surface area contributed by atoms with Gasteiger partial charge in [-0.2, -0.15) is 0 Å². The van der Waals surface area contributed by atoms with E-state index < -0.39 is 0 Å². The van der Waals surface area contributed by atoms with Crippen LogP contribution in [0, 0.1) is 12.8 Å². The summed E-state index contributed by atoms with van der Waals surface area (Å²) in [7, 11) is 2.09. The number of nitrogens with one attached hydrogen (secondary N) is 1. The largest absolute Gasteiger partial charge is 0.317 e. The van der Waals surface area contributed by atoms with Crippen LogP contribution in [0.15, 0.2) is 24.3 Å². The smallest absolute Gasteiger partial charge is 0.0117 e. The van der Waals surface area contributed by atoms with Gasteiger partial charge in [-0.05, 0) is 57.3 Å². The Morgan fingerprint density at radius 3 is 2.68 bits per heavy atom. The van der Waals surface area contributed by atoms with E-state index in [1.165, 1.54) is 37.1 Å². The summed E-state index contributed by atoms with van der Waals surface area (Å²) in [4.78, 5) is 2.66. The summed E-state index contributed by atoms with van der Waals surface area (Å²) in [5.74, 6) is 0.732. The van der Waals surface area contributed by atoms with Crippen molar-refractivity contribution < 1.29 is 0 Å². The molecule has 0 bridgehead atoms. The van der Waals surface area contributed by atoms with Gasteiger partial charge in [-0.25, -0.2) is 0 Å². The van der Waals surface area contributed by atoms with Gasteiger partial charge in [0.15, 0.2) is 0 Å². The molecule has 1 fully saturated rings. The van der Waals surface area contributed by atoms with Gasteiger partial charge < -0.3 is 5.32 Å². The van der Waals surface area contributed by atoms with E-state index in [1.54, 1.807) is 0 Å². The van der Waals surface area contributed by atoms with Crippen LogP contribution in [0.2, 0.25) is 0 Å². The Bertz CT molecular complexity index is 402. The second-order valence-corrected chi connectivity index (χ2v) is 6.00. The lowest BCUT2D eigenvalue weighted by Gasteiger charge is -2.42. The lowest BCUT2D eigenvalue weighted by Crippen LogP contribution is -2.53. The molecule has 19 heavy (non-hydrogen) atoms. The third-order valence-electron chi connectivity index (χ3n) is 5.00. The van der Waals surface area contributed by atoms with E-state index in [4.69, 9.17) is 0 Å². The molecule has 1 aliphatic heterocycles. The van der Waals surface area contributed by atoms with Crippen LogP contribution in [0.25, 0.3) is 0 Å². The molecule has 1 saturated heterocycles. The maximum Gasteiger partial charge on any atom is 0.0117 e. The predicted octanol–water partition coefficient (Wildman–Crippen LogP) is 2.86. The second-order valence-electron chi connectivity index (χ2n) is 6.00. The lowest BCUT2D eigenvalue weighted by atomic mass is 9.87. The third-order valence-corrected chi connectivity index (χ3v) is 5.00. The Morgan fingerprint density at radius 1 is 1.26 bits per heavy atom. The molecule has 2 nitrogen and oxygen atoms in total. The molecule has 2 rings (SSSR count). The average Bonchev–Trinajstić information content (AvgIpc) is 2.42. The zero-order valence-corrected chi connectivity index (χ0v) is 12.8. The summed E-state index contributed by atoms with van der Waals surface area (Å²) in [5.41, 5.74) is 2.92. The fourth-order valence-corrected chi connectivity index (χ4v) is 3.32. The topological polar surface area (TPSA) is 15.3 Å². The van der Waals surface area contributed by atoms with Crippen molar-refractivity contribution >= 4 is 0 Å². The first-order valence-electron chi connectivity index (χ1n) is 7.59. The highest BCUT2D eigenvalue weighted by molar-refractivity contribution is 5.25. The van der Waals surface area contributed by atoms with Crippen LogP contribution in [0.1, 0.15) is 31.4 Å². The van der Waals surface area contributed by atoms with Crippen molar-refractivity contribution in [1.82, 2.24) is 10.2 Å². The lowest BCUT2D eigenvalue weighted by molar-refractivity contribution is 0.0889. The zero-order chi connectivity index (χ0) is 13.8. The fraction of sp³-hybridized carbons (Fsp3) is 0.647. The van der Waals surface area contributed by atoms with E-state index in [-0.39, 0.29) is 0 Å². The minimum absolute atomic E-state index is 0.676. The quantitative estimate of drug-likeness (QED) is 0.895. The second kappa shape index (κ2) is 6.53. The molecular weight excluding hydrogens is 232 g/mol. The van der Waals surface area contributed by atoms with Crippen LogP contribution < -0.4 is 5.32 Å². The van der Waals surface area contributed by atoms with Gasteiger partial charge in [0.25, 0.3) is 0 Å². The molecule has 0 saturated carbocycles. The van der Waals surface area contributed by atoms with Crippen molar-refractivity contribution in [3.8, 4) is 0 Å². The van der Waals surface area contributed by atoms with E-state index in [2.05, 4.69) is 62.3 Å². The SMILES string of the molecule is CNC1CCN(CCc2ccccc2C)C(C)C1C. The van der Waals surface area contributed by atoms with Gasteiger partial charge in [-0.1, -0.05) is 31.2 Å². The van der Waals surface area contributed by atoms with E-state index in [9.17, 15) is 0 Å². The van der Waals surface area contributed by atoms with E-state index >= 15 is 0 Å². The number of benzene rings is 1. The van der Waals surface area contributed by atoms with Crippen LogP contribution >= 0.6 is 0 Å². The number of piperidine rings is 1. The molecule has 0 radical (unpaired) electrons. The summed E-state index contributed by atoms with van der Waals surface area (Å²) in [6.07, 6.45) is 2.45. The summed E-state index contributed by atoms with van der Waals surface area (Å²) < 4.78 is 0. The van der Waals surface area contributed by atoms with Gasteiger partial charge >= 0.3 is 0 Å². The van der Waals surface area contributed by atoms with Crippen molar-refractivity contribution in [2.45, 2.75) is 45.7 Å². The molecule has 1 aliphatic rings. The number of likely N-dealkylation sites (tertiary alicyclic amines) is 1. The Hall–Kier alpha value is -0.860. The van der Waals surface area contributed by atoms with Gasteiger partial charge in [-0.15, -0.1) is 0 Å². The highest BCUT2D eigenvalue weighted by Gasteiger charge is 2.30. The van der Waals surface area contributed by atoms with Crippen molar-refractivity contribution in [3.63, 3.8) is 0 Å². The first-order chi connectivity index (χ1) is 9.13. The van der Waals surface area contributed by atoms with E-state index in [0.29, 0.717) is 12.1 Å². The number of aryl methyl sites for hydroxylation is 1. The highest BCUT2D eigenvalue weighted by atomic mass is 15.2. The van der Waals surface area contributed by atoms with Crippen LogP contribution in [0.4, 0.5) is 0 Å². The van der Waals surface area contributed by atoms with E-state index in [1.807, 2.05) is 0 Å². The number of hydrogen-bond donors (Lipinski definition) is 1. The molecule has 0 spiro atoms. The Kier molecular flexibility index (Phi) is 5.00. The number of rotatable bonds is 4. The molecule has 2 heteroatoms. The maximum atomic E-state index is 3.46. The third kappa shape index (κ3) is 3.37. The summed E-state index contributed by atoms with van der Waals surface area (Å²) in [6.45, 7) is 9.39. The standard InChI is InChI=1S/C17H28N2/c1-13-7-5-6-8-16(13)9-11-19-12-10-17(18-4)14(2)15(19)3/h5-8,14-15,17-18H,9-12H2,1-4H3. The zero-order valence-electron chi connectivity index (χ0n) is 12.8. The van der Waals surface area contributed by atoms with Crippen molar-refractivity contribution in [2.24, 2.45) is 5.92 Å². The molecule has 0 aromatic heterocycles. The van der Waals surface area contributed by atoms with Gasteiger partial charge in [0.2, 0.25) is 0 Å². The summed E-state index contributed by atoms with van der Waals surface area (Å²) >= 11 is 0. The molecule has 1 heterocycles. The number of nitrogens with zero attached hydrogens (tertiary/aromatic N) is 1. The number of hydrogen-bond acceptors (Lipinski definition) is 2. The summed E-state index contributed by atoms with van der Waals surface area (Å²) in [5, 5.41) is 3.46. The Morgan fingerprint density at radius 2 is 2.00 bits per heavy atom. The average molecular weight is 260 g/mol. The van der Waals surface area contributed by atoms with Crippen LogP contribution in [0.5, 0.6) is 0 Å². The fourth-order valence-electron chi connectivity index (χ4n) is 3.32. The van der Waals surface area contributed by atoms with Crippen molar-refractivity contribution in [3.05, 3.63) is 35.4 Å². The monoisotopic (exact) mass is 260 g/mol. The first-order valence-corrected chi connectivity index (χ1v) is 7.59. The summed E-state index contributed by atoms with van der Waals surface area (Å²) in [6, 6.07) is 10.1. The van der Waals surface area contributed by atoms with Gasteiger partial charge in [0, 0.05) is 18.6 Å². The highest BCUT2D eigenvalue weighted by Crippen LogP contribution is 2.23. The van der Waals surface area contributed by atoms with Crippen LogP contribution in [0.3, 0.4) is 0 Å². The van der Waals surface area contributed by atoms with Crippen molar-refractivity contribution in [1.29, 1.82) is 0 Å². The molecule has 1 aromatic carbocycles. The molecule has 0 amide bonds. The molecule has 106 valence electrons. The van der Waals surface area contributed by atoms with Crippen LogP contribution in [-0.2, 0) is 6.42 Å². The molecular formula is C17H28N2. The Balaban J connectivity index is 1.92. The minimum Gasteiger partial charge on any atom is -0.317 e.